The molecule has 0 aromatic heterocycles. The van der Waals surface area contributed by atoms with Crippen molar-refractivity contribution in [1.82, 2.24) is 0 Å². The summed E-state index contributed by atoms with van der Waals surface area (Å²) in [6.07, 6.45) is 0.914. The second-order valence-electron chi connectivity index (χ2n) is 4.90. The first-order valence-electron chi connectivity index (χ1n) is 6.65. The van der Waals surface area contributed by atoms with Crippen molar-refractivity contribution >= 4 is 15.8 Å². The fourth-order valence-electron chi connectivity index (χ4n) is 1.78. The SMILES string of the molecule is Cc1ccc(S(=O)(=O)/C=C/C(=O)Oc2cccc(C)c2)cc1. The molecule has 0 spiro atoms. The second-order valence-corrected chi connectivity index (χ2v) is 6.73. The van der Waals surface area contributed by atoms with Crippen molar-refractivity contribution in [3.63, 3.8) is 0 Å². The van der Waals surface area contributed by atoms with Crippen molar-refractivity contribution in [2.75, 3.05) is 0 Å². The Kier molecular flexibility index (Phi) is 4.78. The Hall–Kier alpha value is -2.40. The standard InChI is InChI=1S/C17H16O4S/c1-13-6-8-16(9-7-13)22(19,20)11-10-17(18)21-15-5-3-4-14(2)12-15/h3-12H,1-2H3/b11-10+. The van der Waals surface area contributed by atoms with E-state index in [0.717, 1.165) is 22.6 Å². The summed E-state index contributed by atoms with van der Waals surface area (Å²) in [4.78, 5) is 11.8. The van der Waals surface area contributed by atoms with E-state index in [2.05, 4.69) is 0 Å². The number of benzene rings is 2. The fraction of sp³-hybridized carbons (Fsp3) is 0.118. The highest BCUT2D eigenvalue weighted by molar-refractivity contribution is 7.94. The Morgan fingerprint density at radius 1 is 1.00 bits per heavy atom. The van der Waals surface area contributed by atoms with Crippen LogP contribution in [0.2, 0.25) is 0 Å². The second kappa shape index (κ2) is 6.58. The van der Waals surface area contributed by atoms with Gasteiger partial charge in [0, 0.05) is 11.5 Å². The molecule has 5 heteroatoms. The summed E-state index contributed by atoms with van der Waals surface area (Å²) in [7, 11) is -3.65. The first kappa shape index (κ1) is 16.0. The molecule has 22 heavy (non-hydrogen) atoms. The van der Waals surface area contributed by atoms with Crippen LogP contribution in [0.5, 0.6) is 5.75 Å². The first-order chi connectivity index (χ1) is 10.4. The van der Waals surface area contributed by atoms with Gasteiger partial charge < -0.3 is 4.74 Å². The van der Waals surface area contributed by atoms with Crippen LogP contribution >= 0.6 is 0 Å². The number of carbonyl (C=O) groups is 1. The Morgan fingerprint density at radius 3 is 2.32 bits per heavy atom. The van der Waals surface area contributed by atoms with Crippen molar-refractivity contribution in [3.8, 4) is 5.75 Å². The quantitative estimate of drug-likeness (QED) is 0.494. The van der Waals surface area contributed by atoms with E-state index in [1.54, 1.807) is 30.3 Å². The van der Waals surface area contributed by atoms with Crippen LogP contribution in [0.1, 0.15) is 11.1 Å². The average Bonchev–Trinajstić information content (AvgIpc) is 2.46. The highest BCUT2D eigenvalue weighted by atomic mass is 32.2. The minimum Gasteiger partial charge on any atom is -0.423 e. The van der Waals surface area contributed by atoms with E-state index in [-0.39, 0.29) is 4.90 Å². The molecule has 2 aromatic rings. The van der Waals surface area contributed by atoms with Crippen LogP contribution in [0.4, 0.5) is 0 Å². The van der Waals surface area contributed by atoms with Crippen molar-refractivity contribution in [1.29, 1.82) is 0 Å². The van der Waals surface area contributed by atoms with Crippen LogP contribution in [0, 0.1) is 13.8 Å². The van der Waals surface area contributed by atoms with E-state index < -0.39 is 15.8 Å². The minimum atomic E-state index is -3.65. The highest BCUT2D eigenvalue weighted by Gasteiger charge is 2.11. The zero-order chi connectivity index (χ0) is 16.2. The molecule has 0 saturated carbocycles. The third-order valence-electron chi connectivity index (χ3n) is 2.94. The van der Waals surface area contributed by atoms with E-state index in [1.165, 1.54) is 12.1 Å². The van der Waals surface area contributed by atoms with Crippen LogP contribution in [0.15, 0.2) is 64.9 Å². The molecule has 0 N–H and O–H groups in total. The Morgan fingerprint density at radius 2 is 1.68 bits per heavy atom. The topological polar surface area (TPSA) is 60.4 Å². The molecule has 0 aliphatic carbocycles. The summed E-state index contributed by atoms with van der Waals surface area (Å²) in [5, 5.41) is 0.857. The predicted molar refractivity (Wildman–Crippen MR) is 84.3 cm³/mol. The molecular weight excluding hydrogens is 300 g/mol. The fourth-order valence-corrected chi connectivity index (χ4v) is 2.74. The monoisotopic (exact) mass is 316 g/mol. The average molecular weight is 316 g/mol. The maximum atomic E-state index is 12.1. The summed E-state index contributed by atoms with van der Waals surface area (Å²) in [6, 6.07) is 13.4. The van der Waals surface area contributed by atoms with Crippen molar-refractivity contribution in [2.45, 2.75) is 18.7 Å². The molecule has 0 saturated heterocycles. The van der Waals surface area contributed by atoms with Gasteiger partial charge in [-0.2, -0.15) is 0 Å². The van der Waals surface area contributed by atoms with Gasteiger partial charge in [0.1, 0.15) is 5.75 Å². The zero-order valence-electron chi connectivity index (χ0n) is 12.3. The van der Waals surface area contributed by atoms with Crippen molar-refractivity contribution < 1.29 is 17.9 Å². The van der Waals surface area contributed by atoms with Crippen LogP contribution in [-0.4, -0.2) is 14.4 Å². The number of rotatable bonds is 4. The van der Waals surface area contributed by atoms with E-state index in [0.29, 0.717) is 5.75 Å². The normalized spacial score (nSPS) is 11.5. The number of hydrogen-bond acceptors (Lipinski definition) is 4. The zero-order valence-corrected chi connectivity index (χ0v) is 13.1. The number of esters is 1. The summed E-state index contributed by atoms with van der Waals surface area (Å²) < 4.78 is 29.2. The molecule has 4 nitrogen and oxygen atoms in total. The van der Waals surface area contributed by atoms with E-state index >= 15 is 0 Å². The van der Waals surface area contributed by atoms with Gasteiger partial charge in [-0.05, 0) is 43.7 Å². The molecule has 0 unspecified atom stereocenters. The predicted octanol–water partition coefficient (Wildman–Crippen LogP) is 3.20. The summed E-state index contributed by atoms with van der Waals surface area (Å²) in [5.41, 5.74) is 1.91. The lowest BCUT2D eigenvalue weighted by Crippen LogP contribution is -2.05. The van der Waals surface area contributed by atoms with Crippen molar-refractivity contribution in [3.05, 3.63) is 71.1 Å². The van der Waals surface area contributed by atoms with Crippen LogP contribution in [0.25, 0.3) is 0 Å². The Labute approximate surface area is 130 Å². The highest BCUT2D eigenvalue weighted by Crippen LogP contribution is 2.15. The lowest BCUT2D eigenvalue weighted by atomic mass is 10.2. The molecule has 0 heterocycles. The molecule has 114 valence electrons. The molecule has 2 rings (SSSR count). The van der Waals surface area contributed by atoms with Gasteiger partial charge in [-0.15, -0.1) is 0 Å². The largest absolute Gasteiger partial charge is 0.423 e. The first-order valence-corrected chi connectivity index (χ1v) is 8.20. The van der Waals surface area contributed by atoms with Gasteiger partial charge in [-0.1, -0.05) is 29.8 Å². The van der Waals surface area contributed by atoms with Gasteiger partial charge in [0.15, 0.2) is 9.84 Å². The van der Waals surface area contributed by atoms with Gasteiger partial charge in [-0.3, -0.25) is 0 Å². The molecule has 0 bridgehead atoms. The van der Waals surface area contributed by atoms with E-state index in [1.807, 2.05) is 19.9 Å². The number of aryl methyl sites for hydroxylation is 2. The van der Waals surface area contributed by atoms with Gasteiger partial charge in [0.25, 0.3) is 0 Å². The lowest BCUT2D eigenvalue weighted by molar-refractivity contribution is -0.128. The number of ether oxygens (including phenoxy) is 1. The maximum Gasteiger partial charge on any atom is 0.336 e. The van der Waals surface area contributed by atoms with Crippen LogP contribution in [0.3, 0.4) is 0 Å². The molecule has 0 atom stereocenters. The van der Waals surface area contributed by atoms with Gasteiger partial charge in [0.05, 0.1) is 4.90 Å². The number of carbonyl (C=O) groups excluding carboxylic acids is 1. The summed E-state index contributed by atoms with van der Waals surface area (Å²) >= 11 is 0. The third kappa shape index (κ3) is 4.30. The molecule has 0 aliphatic heterocycles. The molecule has 0 amide bonds. The van der Waals surface area contributed by atoms with Crippen LogP contribution < -0.4 is 4.74 Å². The Balaban J connectivity index is 2.10. The van der Waals surface area contributed by atoms with Gasteiger partial charge in [-0.25, -0.2) is 13.2 Å². The molecule has 0 radical (unpaired) electrons. The van der Waals surface area contributed by atoms with Gasteiger partial charge >= 0.3 is 5.97 Å². The maximum absolute atomic E-state index is 12.1. The molecule has 0 fully saturated rings. The van der Waals surface area contributed by atoms with E-state index in [4.69, 9.17) is 4.74 Å². The minimum absolute atomic E-state index is 0.137. The third-order valence-corrected chi connectivity index (χ3v) is 4.36. The molecular formula is C17H16O4S. The summed E-state index contributed by atoms with van der Waals surface area (Å²) in [5.74, 6) is -0.358. The number of sulfone groups is 1. The molecule has 0 aliphatic rings. The number of hydrogen-bond donors (Lipinski definition) is 0. The van der Waals surface area contributed by atoms with Gasteiger partial charge in [0.2, 0.25) is 0 Å². The van der Waals surface area contributed by atoms with Crippen molar-refractivity contribution in [2.24, 2.45) is 0 Å². The van der Waals surface area contributed by atoms with Crippen LogP contribution in [-0.2, 0) is 14.6 Å². The molecule has 2 aromatic carbocycles. The summed E-state index contributed by atoms with van der Waals surface area (Å²) in [6.45, 7) is 3.74. The Bertz CT molecular complexity index is 803. The smallest absolute Gasteiger partial charge is 0.336 e. The van der Waals surface area contributed by atoms with E-state index in [9.17, 15) is 13.2 Å². The lowest BCUT2D eigenvalue weighted by Gasteiger charge is -2.02.